The molecule has 1 aliphatic heterocycles. The van der Waals surface area contributed by atoms with E-state index < -0.39 is 32.7 Å². The van der Waals surface area contributed by atoms with E-state index in [0.29, 0.717) is 0 Å². The minimum atomic E-state index is -4.24. The van der Waals surface area contributed by atoms with Crippen LogP contribution in [0.2, 0.25) is 0 Å². The molecule has 1 aliphatic rings. The lowest BCUT2D eigenvalue weighted by molar-refractivity contribution is -0.123. The Hall–Kier alpha value is -3.14. The van der Waals surface area contributed by atoms with Crippen molar-refractivity contribution in [2.75, 3.05) is 13.1 Å². The standard InChI is InChI=1S/C26H29FN4O3S/c27-23-11-4-5-12-25(23)35(33,34)30-24(18-20-8-2-1-3-9-20)26(32)29-21-13-16-31(17-14-21)19-22-10-6-7-15-28-22/h1-12,15,21,24,30H,13-14,16-19H2,(H,29,32)/t24-/m0/s1. The monoisotopic (exact) mass is 496 g/mol. The predicted molar refractivity (Wildman–Crippen MR) is 131 cm³/mol. The molecule has 0 saturated carbocycles. The maximum absolute atomic E-state index is 14.2. The van der Waals surface area contributed by atoms with Crippen LogP contribution in [0.4, 0.5) is 4.39 Å². The molecule has 7 nitrogen and oxygen atoms in total. The molecule has 35 heavy (non-hydrogen) atoms. The lowest BCUT2D eigenvalue weighted by Gasteiger charge is -2.33. The lowest BCUT2D eigenvalue weighted by atomic mass is 10.0. The SMILES string of the molecule is O=C(NC1CCN(Cc2ccccn2)CC1)[C@H](Cc1ccccc1)NS(=O)(=O)c1ccccc1F. The van der Waals surface area contributed by atoms with E-state index in [1.54, 1.807) is 6.20 Å². The second-order valence-corrected chi connectivity index (χ2v) is 10.4. The van der Waals surface area contributed by atoms with Crippen molar-refractivity contribution in [1.29, 1.82) is 0 Å². The molecule has 0 radical (unpaired) electrons. The largest absolute Gasteiger partial charge is 0.352 e. The third-order valence-corrected chi connectivity index (χ3v) is 7.57. The summed E-state index contributed by atoms with van der Waals surface area (Å²) in [6.45, 7) is 2.35. The molecule has 1 aromatic heterocycles. The van der Waals surface area contributed by atoms with Crippen LogP contribution in [0.5, 0.6) is 0 Å². The molecular formula is C26H29FN4O3S. The number of hydrogen-bond acceptors (Lipinski definition) is 5. The average molecular weight is 497 g/mol. The number of benzene rings is 2. The van der Waals surface area contributed by atoms with Crippen molar-refractivity contribution < 1.29 is 17.6 Å². The molecule has 0 bridgehead atoms. The number of piperidine rings is 1. The van der Waals surface area contributed by atoms with Gasteiger partial charge in [-0.05, 0) is 49.1 Å². The molecule has 1 fully saturated rings. The number of halogens is 1. The zero-order valence-corrected chi connectivity index (χ0v) is 20.1. The Morgan fingerprint density at radius 1 is 1.00 bits per heavy atom. The summed E-state index contributed by atoms with van der Waals surface area (Å²) in [5.41, 5.74) is 1.80. The smallest absolute Gasteiger partial charge is 0.244 e. The van der Waals surface area contributed by atoms with Gasteiger partial charge < -0.3 is 5.32 Å². The molecule has 1 saturated heterocycles. The van der Waals surface area contributed by atoms with Crippen LogP contribution in [-0.4, -0.2) is 49.4 Å². The molecule has 184 valence electrons. The quantitative estimate of drug-likeness (QED) is 0.475. The Balaban J connectivity index is 1.41. The highest BCUT2D eigenvalue weighted by molar-refractivity contribution is 7.89. The number of aromatic nitrogens is 1. The number of carbonyl (C=O) groups is 1. The molecule has 0 unspecified atom stereocenters. The van der Waals surface area contributed by atoms with Crippen molar-refractivity contribution in [3.05, 3.63) is 96.1 Å². The minimum absolute atomic E-state index is 0.0706. The van der Waals surface area contributed by atoms with Crippen molar-refractivity contribution in [3.8, 4) is 0 Å². The average Bonchev–Trinajstić information content (AvgIpc) is 2.86. The van der Waals surface area contributed by atoms with E-state index in [2.05, 4.69) is 19.9 Å². The van der Waals surface area contributed by atoms with Crippen LogP contribution in [0.3, 0.4) is 0 Å². The normalized spacial score (nSPS) is 16.0. The first-order chi connectivity index (χ1) is 16.9. The van der Waals surface area contributed by atoms with Crippen LogP contribution < -0.4 is 10.0 Å². The fourth-order valence-corrected chi connectivity index (χ4v) is 5.48. The first-order valence-electron chi connectivity index (χ1n) is 11.6. The number of pyridine rings is 1. The highest BCUT2D eigenvalue weighted by Crippen LogP contribution is 2.17. The fourth-order valence-electron chi connectivity index (χ4n) is 4.21. The van der Waals surface area contributed by atoms with Gasteiger partial charge in [-0.15, -0.1) is 0 Å². The summed E-state index contributed by atoms with van der Waals surface area (Å²) in [7, 11) is -4.24. The number of carbonyl (C=O) groups excluding carboxylic acids is 1. The van der Waals surface area contributed by atoms with Crippen LogP contribution in [0, 0.1) is 5.82 Å². The van der Waals surface area contributed by atoms with Gasteiger partial charge in [-0.1, -0.05) is 48.5 Å². The highest BCUT2D eigenvalue weighted by Gasteiger charge is 2.30. The molecule has 0 spiro atoms. The molecule has 1 atom stereocenters. The number of hydrogen-bond donors (Lipinski definition) is 2. The number of amides is 1. The van der Waals surface area contributed by atoms with E-state index in [-0.39, 0.29) is 12.5 Å². The Morgan fingerprint density at radius 3 is 2.37 bits per heavy atom. The van der Waals surface area contributed by atoms with Gasteiger partial charge in [-0.2, -0.15) is 4.72 Å². The Morgan fingerprint density at radius 2 is 1.69 bits per heavy atom. The van der Waals surface area contributed by atoms with E-state index in [1.807, 2.05) is 48.5 Å². The third-order valence-electron chi connectivity index (χ3n) is 6.07. The number of rotatable bonds is 9. The second kappa shape index (κ2) is 11.5. The van der Waals surface area contributed by atoms with Crippen molar-refractivity contribution >= 4 is 15.9 Å². The summed E-state index contributed by atoms with van der Waals surface area (Å²) in [5.74, 6) is -1.28. The van der Waals surface area contributed by atoms with Crippen molar-refractivity contribution in [2.45, 2.75) is 42.8 Å². The topological polar surface area (TPSA) is 91.4 Å². The first-order valence-corrected chi connectivity index (χ1v) is 13.1. The molecule has 9 heteroatoms. The Bertz CT molecular complexity index is 1220. The van der Waals surface area contributed by atoms with Gasteiger partial charge in [0, 0.05) is 31.9 Å². The summed E-state index contributed by atoms with van der Waals surface area (Å²) in [6, 6.07) is 19.0. The van der Waals surface area contributed by atoms with Gasteiger partial charge >= 0.3 is 0 Å². The summed E-state index contributed by atoms with van der Waals surface area (Å²) in [6.07, 6.45) is 3.42. The fraction of sp³-hybridized carbons (Fsp3) is 0.308. The lowest BCUT2D eigenvalue weighted by Crippen LogP contribution is -2.52. The van der Waals surface area contributed by atoms with E-state index in [0.717, 1.165) is 49.8 Å². The molecule has 1 amide bonds. The summed E-state index contributed by atoms with van der Waals surface area (Å²) >= 11 is 0. The van der Waals surface area contributed by atoms with Crippen LogP contribution in [-0.2, 0) is 27.8 Å². The van der Waals surface area contributed by atoms with Crippen LogP contribution in [0.25, 0.3) is 0 Å². The molecule has 0 aliphatic carbocycles. The number of sulfonamides is 1. The maximum atomic E-state index is 14.2. The molecule has 4 rings (SSSR count). The zero-order valence-electron chi connectivity index (χ0n) is 19.3. The van der Waals surface area contributed by atoms with E-state index in [1.165, 1.54) is 18.2 Å². The molecular weight excluding hydrogens is 467 g/mol. The number of likely N-dealkylation sites (tertiary alicyclic amines) is 1. The molecule has 2 aromatic carbocycles. The molecule has 3 aromatic rings. The number of nitrogens with zero attached hydrogens (tertiary/aromatic N) is 2. The van der Waals surface area contributed by atoms with Crippen molar-refractivity contribution in [3.63, 3.8) is 0 Å². The van der Waals surface area contributed by atoms with Gasteiger partial charge in [0.05, 0.1) is 5.69 Å². The minimum Gasteiger partial charge on any atom is -0.352 e. The predicted octanol–water partition coefficient (Wildman–Crippen LogP) is 2.89. The van der Waals surface area contributed by atoms with Gasteiger partial charge in [0.25, 0.3) is 0 Å². The van der Waals surface area contributed by atoms with Crippen LogP contribution in [0.15, 0.2) is 83.9 Å². The summed E-state index contributed by atoms with van der Waals surface area (Å²) < 4.78 is 42.5. The summed E-state index contributed by atoms with van der Waals surface area (Å²) in [4.78, 5) is 19.4. The Kier molecular flexibility index (Phi) is 8.22. The Labute approximate surface area is 205 Å². The number of nitrogens with one attached hydrogen (secondary N) is 2. The van der Waals surface area contributed by atoms with Gasteiger partial charge in [0.2, 0.25) is 15.9 Å². The highest BCUT2D eigenvalue weighted by atomic mass is 32.2. The molecule has 2 N–H and O–H groups in total. The molecule has 2 heterocycles. The van der Waals surface area contributed by atoms with Crippen LogP contribution >= 0.6 is 0 Å². The third kappa shape index (κ3) is 6.94. The maximum Gasteiger partial charge on any atom is 0.244 e. The zero-order chi connectivity index (χ0) is 24.7. The van der Waals surface area contributed by atoms with Crippen LogP contribution in [0.1, 0.15) is 24.1 Å². The van der Waals surface area contributed by atoms with Gasteiger partial charge in [0.1, 0.15) is 16.8 Å². The van der Waals surface area contributed by atoms with Crippen molar-refractivity contribution in [1.82, 2.24) is 19.9 Å². The van der Waals surface area contributed by atoms with Gasteiger partial charge in [-0.3, -0.25) is 14.7 Å². The summed E-state index contributed by atoms with van der Waals surface area (Å²) in [5, 5.41) is 3.01. The van der Waals surface area contributed by atoms with Gasteiger partial charge in [-0.25, -0.2) is 12.8 Å². The first kappa shape index (κ1) is 25.0. The van der Waals surface area contributed by atoms with Gasteiger partial charge in [0.15, 0.2) is 0 Å². The van der Waals surface area contributed by atoms with Crippen molar-refractivity contribution in [2.24, 2.45) is 0 Å². The van der Waals surface area contributed by atoms with E-state index in [4.69, 9.17) is 0 Å². The van der Waals surface area contributed by atoms with E-state index in [9.17, 15) is 17.6 Å². The van der Waals surface area contributed by atoms with E-state index >= 15 is 0 Å². The second-order valence-electron chi connectivity index (χ2n) is 8.67.